The van der Waals surface area contributed by atoms with Crippen molar-refractivity contribution in [3.8, 4) is 0 Å². The van der Waals surface area contributed by atoms with E-state index in [1.807, 2.05) is 97.1 Å². The quantitative estimate of drug-likeness (QED) is 0.349. The van der Waals surface area contributed by atoms with Gasteiger partial charge in [-0.2, -0.15) is 18.0 Å². The van der Waals surface area contributed by atoms with Crippen LogP contribution >= 0.6 is 0 Å². The lowest BCUT2D eigenvalue weighted by Gasteiger charge is -2.37. The van der Waals surface area contributed by atoms with Crippen molar-refractivity contribution >= 4 is 11.3 Å². The largest absolute Gasteiger partial charge is 0.435 e. The van der Waals surface area contributed by atoms with Crippen molar-refractivity contribution < 1.29 is 13.2 Å². The summed E-state index contributed by atoms with van der Waals surface area (Å²) in [7, 11) is 0. The van der Waals surface area contributed by atoms with Gasteiger partial charge in [-0.3, -0.25) is 5.01 Å². The molecule has 0 spiro atoms. The van der Waals surface area contributed by atoms with Gasteiger partial charge >= 0.3 is 6.18 Å². The first-order valence-electron chi connectivity index (χ1n) is 10.5. The van der Waals surface area contributed by atoms with Gasteiger partial charge < -0.3 is 0 Å². The van der Waals surface area contributed by atoms with E-state index >= 15 is 0 Å². The van der Waals surface area contributed by atoms with Crippen molar-refractivity contribution in [2.75, 3.05) is 5.01 Å². The number of alkyl halides is 3. The Hall–Kier alpha value is -4.06. The van der Waals surface area contributed by atoms with Gasteiger partial charge in [-0.15, -0.1) is 5.10 Å². The maximum Gasteiger partial charge on any atom is 0.435 e. The molecule has 164 valence electrons. The third-order valence-electron chi connectivity index (χ3n) is 5.54. The second kappa shape index (κ2) is 8.47. The number of nitrogens with zero attached hydrogens (tertiary/aromatic N) is 3. The van der Waals surface area contributed by atoms with Crippen LogP contribution in [-0.4, -0.2) is 9.89 Å². The van der Waals surface area contributed by atoms with Crippen LogP contribution in [0.5, 0.6) is 0 Å². The maximum absolute atomic E-state index is 13.4. The Bertz CT molecular complexity index is 1290. The van der Waals surface area contributed by atoms with Crippen LogP contribution in [0, 0.1) is 0 Å². The van der Waals surface area contributed by atoms with E-state index in [-0.39, 0.29) is 6.04 Å². The van der Waals surface area contributed by atoms with Crippen LogP contribution in [0.2, 0.25) is 0 Å². The topological polar surface area (TPSA) is 21.1 Å². The Kier molecular flexibility index (Phi) is 5.34. The number of halogens is 3. The second-order valence-electron chi connectivity index (χ2n) is 7.70. The van der Waals surface area contributed by atoms with Crippen LogP contribution in [0.25, 0.3) is 11.3 Å². The van der Waals surface area contributed by atoms with Crippen molar-refractivity contribution in [1.82, 2.24) is 9.89 Å². The summed E-state index contributed by atoms with van der Waals surface area (Å²) < 4.78 is 40.1. The Morgan fingerprint density at radius 1 is 0.697 bits per heavy atom. The molecule has 0 saturated carbocycles. The molecular weight excluding hydrogens is 423 g/mol. The van der Waals surface area contributed by atoms with Gasteiger partial charge in [0.25, 0.3) is 0 Å². The van der Waals surface area contributed by atoms with Crippen LogP contribution < -0.4 is 5.01 Å². The Morgan fingerprint density at radius 2 is 1.27 bits per heavy atom. The van der Waals surface area contributed by atoms with Gasteiger partial charge in [0.1, 0.15) is 0 Å². The summed E-state index contributed by atoms with van der Waals surface area (Å²) in [6.45, 7) is 0. The molecule has 0 amide bonds. The van der Waals surface area contributed by atoms with Crippen LogP contribution in [0.3, 0.4) is 0 Å². The van der Waals surface area contributed by atoms with Gasteiger partial charge in [-0.25, -0.2) is 0 Å². The van der Waals surface area contributed by atoms with Crippen molar-refractivity contribution in [1.29, 1.82) is 0 Å². The number of allylic oxidation sites excluding steroid dienone is 2. The molecule has 0 saturated heterocycles. The van der Waals surface area contributed by atoms with Crippen LogP contribution in [0.4, 0.5) is 13.2 Å². The average Bonchev–Trinajstić information content (AvgIpc) is 3.36. The zero-order valence-electron chi connectivity index (χ0n) is 17.5. The number of aromatic nitrogens is 2. The molecule has 1 aliphatic rings. The predicted molar refractivity (Wildman–Crippen MR) is 123 cm³/mol. The van der Waals surface area contributed by atoms with Gasteiger partial charge in [-0.05, 0) is 40.5 Å². The molecule has 1 aliphatic heterocycles. The Morgan fingerprint density at radius 3 is 1.85 bits per heavy atom. The molecule has 0 N–H and O–H groups in total. The Balaban J connectivity index is 1.72. The van der Waals surface area contributed by atoms with Crippen molar-refractivity contribution in [3.63, 3.8) is 0 Å². The van der Waals surface area contributed by atoms with Crippen molar-refractivity contribution in [3.05, 3.63) is 138 Å². The minimum absolute atomic E-state index is 0.373. The van der Waals surface area contributed by atoms with Crippen molar-refractivity contribution in [2.24, 2.45) is 0 Å². The summed E-state index contributed by atoms with van der Waals surface area (Å²) in [5.74, 6) is 0. The summed E-state index contributed by atoms with van der Waals surface area (Å²) in [5, 5.41) is 5.70. The molecule has 0 aliphatic carbocycles. The molecule has 3 nitrogen and oxygen atoms in total. The minimum atomic E-state index is -4.52. The lowest BCUT2D eigenvalue weighted by atomic mass is 9.93. The third-order valence-corrected chi connectivity index (χ3v) is 5.54. The van der Waals surface area contributed by atoms with E-state index in [9.17, 15) is 13.2 Å². The predicted octanol–water partition coefficient (Wildman–Crippen LogP) is 6.72. The van der Waals surface area contributed by atoms with E-state index in [1.165, 1.54) is 11.0 Å². The molecule has 5 rings (SSSR count). The number of hydrogen-bond donors (Lipinski definition) is 0. The van der Waals surface area contributed by atoms with E-state index in [2.05, 4.69) is 11.2 Å². The molecular formula is C27H20F3N3. The van der Waals surface area contributed by atoms with Crippen LogP contribution in [0.1, 0.15) is 28.4 Å². The number of rotatable bonds is 4. The van der Waals surface area contributed by atoms with Gasteiger partial charge in [0.15, 0.2) is 5.69 Å². The van der Waals surface area contributed by atoms with Gasteiger partial charge in [-0.1, -0.05) is 91.0 Å². The highest BCUT2D eigenvalue weighted by Gasteiger charge is 2.36. The molecule has 3 aromatic carbocycles. The molecule has 0 radical (unpaired) electrons. The molecule has 4 aromatic rings. The highest BCUT2D eigenvalue weighted by atomic mass is 19.4. The normalized spacial score (nSPS) is 16.3. The van der Waals surface area contributed by atoms with E-state index in [1.54, 1.807) is 5.01 Å². The lowest BCUT2D eigenvalue weighted by molar-refractivity contribution is -0.141. The first-order chi connectivity index (χ1) is 16.0. The average molecular weight is 443 g/mol. The summed E-state index contributed by atoms with van der Waals surface area (Å²) in [6.07, 6.45) is 0.896. The number of benzene rings is 3. The fourth-order valence-corrected chi connectivity index (χ4v) is 4.00. The molecule has 1 unspecified atom stereocenters. The smallest absolute Gasteiger partial charge is 0.253 e. The molecule has 0 fully saturated rings. The van der Waals surface area contributed by atoms with Gasteiger partial charge in [0, 0.05) is 6.20 Å². The first-order valence-corrected chi connectivity index (χ1v) is 10.5. The highest BCUT2D eigenvalue weighted by molar-refractivity contribution is 5.89. The van der Waals surface area contributed by atoms with Gasteiger partial charge in [0.05, 0.1) is 11.7 Å². The van der Waals surface area contributed by atoms with Crippen molar-refractivity contribution in [2.45, 2.75) is 12.2 Å². The standard InChI is InChI=1S/C27H20F3N3/c28-27(29,30)26-16-17-32(31-26)33-24(21-12-6-2-7-13-21)18-23(20-10-4-1-5-11-20)19-25(33)22-14-8-3-9-15-22/h1-19,24H. The minimum Gasteiger partial charge on any atom is -0.253 e. The summed E-state index contributed by atoms with van der Waals surface area (Å²) >= 11 is 0. The van der Waals surface area contributed by atoms with E-state index in [0.29, 0.717) is 0 Å². The lowest BCUT2D eigenvalue weighted by Crippen LogP contribution is -2.38. The molecule has 1 atom stereocenters. The Labute approximate surface area is 189 Å². The summed E-state index contributed by atoms with van der Waals surface area (Å²) in [4.78, 5) is 1.29. The molecule has 33 heavy (non-hydrogen) atoms. The maximum atomic E-state index is 13.4. The second-order valence-corrected chi connectivity index (χ2v) is 7.70. The fourth-order valence-electron chi connectivity index (χ4n) is 4.00. The summed E-state index contributed by atoms with van der Waals surface area (Å²) in [5.41, 5.74) is 3.66. The zero-order valence-corrected chi connectivity index (χ0v) is 17.5. The fraction of sp³-hybridized carbons (Fsp3) is 0.0741. The molecule has 0 bridgehead atoms. The first kappa shape index (κ1) is 20.8. The monoisotopic (exact) mass is 443 g/mol. The molecule has 2 heterocycles. The van der Waals surface area contributed by atoms with E-state index < -0.39 is 11.9 Å². The van der Waals surface area contributed by atoms with E-state index in [0.717, 1.165) is 34.0 Å². The summed E-state index contributed by atoms with van der Waals surface area (Å²) in [6, 6.07) is 29.9. The van der Waals surface area contributed by atoms with Gasteiger partial charge in [0.2, 0.25) is 0 Å². The third kappa shape index (κ3) is 4.20. The van der Waals surface area contributed by atoms with E-state index in [4.69, 9.17) is 0 Å². The van der Waals surface area contributed by atoms with Crippen LogP contribution in [0.15, 0.2) is 115 Å². The molecule has 1 aromatic heterocycles. The highest BCUT2D eigenvalue weighted by Crippen LogP contribution is 2.38. The zero-order chi connectivity index (χ0) is 22.8. The van der Waals surface area contributed by atoms with Crippen LogP contribution in [-0.2, 0) is 6.18 Å². The SMILES string of the molecule is FC(F)(F)c1ccn(N2C(c3ccccc3)=CC(c3ccccc3)=CC2c2ccccc2)n1. The molecule has 6 heteroatoms. The number of hydrogen-bond acceptors (Lipinski definition) is 2.